The number of hydrogen-bond acceptors (Lipinski definition) is 2. The first-order valence-corrected chi connectivity index (χ1v) is 4.90. The third-order valence-electron chi connectivity index (χ3n) is 1.55. The van der Waals surface area contributed by atoms with E-state index in [1.807, 2.05) is 26.0 Å². The van der Waals surface area contributed by atoms with Crippen molar-refractivity contribution in [3.63, 3.8) is 0 Å². The first-order valence-electron chi connectivity index (χ1n) is 4.27. The van der Waals surface area contributed by atoms with Gasteiger partial charge in [0.25, 0.3) is 0 Å². The minimum Gasteiger partial charge on any atom is -0.258 e. The molecular weight excluding hydrogens is 178 g/mol. The van der Waals surface area contributed by atoms with Crippen molar-refractivity contribution in [2.24, 2.45) is 0 Å². The summed E-state index contributed by atoms with van der Waals surface area (Å²) in [5.74, 6) is 6.96. The molecule has 0 aromatic carbocycles. The van der Waals surface area contributed by atoms with Crippen molar-refractivity contribution >= 4 is 12.6 Å². The highest BCUT2D eigenvalue weighted by molar-refractivity contribution is 7.80. The Kier molecular flexibility index (Phi) is 3.85. The van der Waals surface area contributed by atoms with E-state index in [4.69, 9.17) is 0 Å². The maximum Gasteiger partial charge on any atom is 0.0388 e. The molecule has 1 nitrogen and oxygen atoms in total. The van der Waals surface area contributed by atoms with Crippen LogP contribution in [0.1, 0.15) is 23.4 Å². The standard InChI is InChI=1S/C11H13NS/c1-9-7-11(5-3-4-6-13)8-10(2)12-9/h7-8,13H,4,6H2,1-2H3. The van der Waals surface area contributed by atoms with Crippen LogP contribution in [0.15, 0.2) is 12.1 Å². The SMILES string of the molecule is Cc1cc(C#CCCS)cc(C)n1. The van der Waals surface area contributed by atoms with Gasteiger partial charge in [-0.2, -0.15) is 12.6 Å². The van der Waals surface area contributed by atoms with Crippen molar-refractivity contribution < 1.29 is 0 Å². The molecule has 0 saturated carbocycles. The molecule has 0 bridgehead atoms. The topological polar surface area (TPSA) is 12.9 Å². The van der Waals surface area contributed by atoms with Gasteiger partial charge in [0.1, 0.15) is 0 Å². The Labute approximate surface area is 85.0 Å². The first kappa shape index (κ1) is 10.1. The van der Waals surface area contributed by atoms with Crippen molar-refractivity contribution in [2.75, 3.05) is 5.75 Å². The summed E-state index contributed by atoms with van der Waals surface area (Å²) in [6, 6.07) is 4.00. The molecule has 13 heavy (non-hydrogen) atoms. The maximum atomic E-state index is 4.28. The maximum absolute atomic E-state index is 4.28. The van der Waals surface area contributed by atoms with E-state index in [1.165, 1.54) is 0 Å². The fourth-order valence-electron chi connectivity index (χ4n) is 1.13. The van der Waals surface area contributed by atoms with Gasteiger partial charge in [-0.15, -0.1) is 0 Å². The second-order valence-electron chi connectivity index (χ2n) is 2.91. The van der Waals surface area contributed by atoms with Gasteiger partial charge < -0.3 is 0 Å². The van der Waals surface area contributed by atoms with Gasteiger partial charge in [-0.1, -0.05) is 11.8 Å². The zero-order chi connectivity index (χ0) is 9.68. The Morgan fingerprint density at radius 3 is 2.46 bits per heavy atom. The van der Waals surface area contributed by atoms with Gasteiger partial charge in [-0.3, -0.25) is 4.98 Å². The van der Waals surface area contributed by atoms with E-state index < -0.39 is 0 Å². The van der Waals surface area contributed by atoms with E-state index in [0.29, 0.717) is 0 Å². The molecule has 1 aromatic rings. The third kappa shape index (κ3) is 3.52. The van der Waals surface area contributed by atoms with Gasteiger partial charge in [0, 0.05) is 29.1 Å². The summed E-state index contributed by atoms with van der Waals surface area (Å²) in [5.41, 5.74) is 3.09. The first-order chi connectivity index (χ1) is 6.22. The van der Waals surface area contributed by atoms with Gasteiger partial charge in [0.2, 0.25) is 0 Å². The monoisotopic (exact) mass is 191 g/mol. The molecule has 0 radical (unpaired) electrons. The summed E-state index contributed by atoms with van der Waals surface area (Å²) in [7, 11) is 0. The van der Waals surface area contributed by atoms with Gasteiger partial charge in [-0.05, 0) is 26.0 Å². The molecule has 0 aliphatic heterocycles. The number of aryl methyl sites for hydroxylation is 2. The van der Waals surface area contributed by atoms with Crippen molar-refractivity contribution in [2.45, 2.75) is 20.3 Å². The lowest BCUT2D eigenvalue weighted by atomic mass is 10.2. The molecule has 1 aromatic heterocycles. The molecule has 0 atom stereocenters. The van der Waals surface area contributed by atoms with Crippen LogP contribution in [0.4, 0.5) is 0 Å². The summed E-state index contributed by atoms with van der Waals surface area (Å²) in [5, 5.41) is 0. The molecule has 0 saturated heterocycles. The van der Waals surface area contributed by atoms with Crippen molar-refractivity contribution in [1.29, 1.82) is 0 Å². The lowest BCUT2D eigenvalue weighted by Crippen LogP contribution is -1.87. The summed E-state index contributed by atoms with van der Waals surface area (Å²) in [6.07, 6.45) is 0.837. The van der Waals surface area contributed by atoms with E-state index in [2.05, 4.69) is 29.5 Å². The van der Waals surface area contributed by atoms with Crippen LogP contribution < -0.4 is 0 Å². The normalized spacial score (nSPS) is 9.15. The average Bonchev–Trinajstić information content (AvgIpc) is 2.03. The zero-order valence-electron chi connectivity index (χ0n) is 7.96. The molecule has 1 rings (SSSR count). The van der Waals surface area contributed by atoms with Crippen molar-refractivity contribution in [3.05, 3.63) is 29.1 Å². The lowest BCUT2D eigenvalue weighted by Gasteiger charge is -1.96. The highest BCUT2D eigenvalue weighted by Crippen LogP contribution is 2.02. The van der Waals surface area contributed by atoms with Gasteiger partial charge in [0.15, 0.2) is 0 Å². The van der Waals surface area contributed by atoms with E-state index in [-0.39, 0.29) is 0 Å². The molecule has 0 N–H and O–H groups in total. The van der Waals surface area contributed by atoms with Crippen LogP contribution in [0.3, 0.4) is 0 Å². The molecular formula is C11H13NS. The molecule has 0 fully saturated rings. The number of nitrogens with zero attached hydrogens (tertiary/aromatic N) is 1. The van der Waals surface area contributed by atoms with E-state index in [0.717, 1.165) is 29.1 Å². The average molecular weight is 191 g/mol. The largest absolute Gasteiger partial charge is 0.258 e. The summed E-state index contributed by atoms with van der Waals surface area (Å²) in [4.78, 5) is 4.28. The van der Waals surface area contributed by atoms with Crippen LogP contribution >= 0.6 is 12.6 Å². The highest BCUT2D eigenvalue weighted by atomic mass is 32.1. The van der Waals surface area contributed by atoms with Crippen LogP contribution in [-0.4, -0.2) is 10.7 Å². The van der Waals surface area contributed by atoms with Crippen LogP contribution in [0, 0.1) is 25.7 Å². The quantitative estimate of drug-likeness (QED) is 0.531. The smallest absolute Gasteiger partial charge is 0.0388 e. The minimum absolute atomic E-state index is 0.816. The number of hydrogen-bond donors (Lipinski definition) is 1. The summed E-state index contributed by atoms with van der Waals surface area (Å²) >= 11 is 4.09. The highest BCUT2D eigenvalue weighted by Gasteiger charge is 1.92. The van der Waals surface area contributed by atoms with E-state index in [9.17, 15) is 0 Å². The predicted molar refractivity (Wildman–Crippen MR) is 59.1 cm³/mol. The fourth-order valence-corrected chi connectivity index (χ4v) is 1.24. The summed E-state index contributed by atoms with van der Waals surface area (Å²) < 4.78 is 0. The van der Waals surface area contributed by atoms with Crippen LogP contribution in [-0.2, 0) is 0 Å². The Bertz CT molecular complexity index is 327. The number of pyridine rings is 1. The van der Waals surface area contributed by atoms with Crippen molar-refractivity contribution in [3.8, 4) is 11.8 Å². The molecule has 68 valence electrons. The summed E-state index contributed by atoms with van der Waals surface area (Å²) in [6.45, 7) is 3.97. The van der Waals surface area contributed by atoms with Gasteiger partial charge >= 0.3 is 0 Å². The van der Waals surface area contributed by atoms with Gasteiger partial charge in [0.05, 0.1) is 0 Å². The molecule has 0 spiro atoms. The molecule has 0 aliphatic carbocycles. The van der Waals surface area contributed by atoms with Gasteiger partial charge in [-0.25, -0.2) is 0 Å². The zero-order valence-corrected chi connectivity index (χ0v) is 8.86. The molecule has 0 unspecified atom stereocenters. The Morgan fingerprint density at radius 1 is 1.31 bits per heavy atom. The number of thiol groups is 1. The Balaban J connectivity index is 2.85. The van der Waals surface area contributed by atoms with E-state index >= 15 is 0 Å². The third-order valence-corrected chi connectivity index (χ3v) is 1.77. The van der Waals surface area contributed by atoms with E-state index in [1.54, 1.807) is 0 Å². The fraction of sp³-hybridized carbons (Fsp3) is 0.364. The second-order valence-corrected chi connectivity index (χ2v) is 3.36. The Hall–Kier alpha value is -0.940. The molecule has 0 amide bonds. The van der Waals surface area contributed by atoms with Crippen LogP contribution in [0.25, 0.3) is 0 Å². The van der Waals surface area contributed by atoms with Crippen molar-refractivity contribution in [1.82, 2.24) is 4.98 Å². The predicted octanol–water partition coefficient (Wildman–Crippen LogP) is 2.37. The number of aromatic nitrogens is 1. The molecule has 0 aliphatic rings. The minimum atomic E-state index is 0.816. The molecule has 2 heteroatoms. The number of rotatable bonds is 1. The second kappa shape index (κ2) is 4.94. The molecule has 1 heterocycles. The Morgan fingerprint density at radius 2 is 1.92 bits per heavy atom. The van der Waals surface area contributed by atoms with Crippen LogP contribution in [0.5, 0.6) is 0 Å². The lowest BCUT2D eigenvalue weighted by molar-refractivity contribution is 1.12. The van der Waals surface area contributed by atoms with Crippen LogP contribution in [0.2, 0.25) is 0 Å².